The molecule has 0 aliphatic carbocycles. The van der Waals surface area contributed by atoms with Crippen molar-refractivity contribution in [2.45, 2.75) is 59.2 Å². The highest BCUT2D eigenvalue weighted by Gasteiger charge is 2.24. The topological polar surface area (TPSA) is 0 Å². The second-order valence-electron chi connectivity index (χ2n) is 6.69. The maximum Gasteiger partial charge on any atom is 0.0862 e. The van der Waals surface area contributed by atoms with Crippen molar-refractivity contribution in [1.29, 1.82) is 0 Å². The third kappa shape index (κ3) is 5.78. The molecule has 1 rings (SSSR count). The summed E-state index contributed by atoms with van der Waals surface area (Å²) in [6.45, 7) is 11.9. The summed E-state index contributed by atoms with van der Waals surface area (Å²) in [7, 11) is -1.34. The molecule has 0 unspecified atom stereocenters. The Labute approximate surface area is 165 Å². The van der Waals surface area contributed by atoms with E-state index in [0.29, 0.717) is 0 Å². The van der Waals surface area contributed by atoms with E-state index in [-0.39, 0.29) is 0 Å². The van der Waals surface area contributed by atoms with Gasteiger partial charge in [0.2, 0.25) is 0 Å². The van der Waals surface area contributed by atoms with Crippen LogP contribution in [0.3, 0.4) is 0 Å². The fourth-order valence-corrected chi connectivity index (χ4v) is 5.19. The van der Waals surface area contributed by atoms with E-state index in [2.05, 4.69) is 109 Å². The standard InChI is InChI=1S/C19H28I2Si/c1-6-11-16(17(20)12-7-2)18(19(21)22(3,4)5)15-13-9-8-10-14-15/h8-10,13-14H,6-7,11-12H2,1-5H3/b17-16-,19-18+. The summed E-state index contributed by atoms with van der Waals surface area (Å²) in [6.07, 6.45) is 4.80. The summed E-state index contributed by atoms with van der Waals surface area (Å²) in [5.41, 5.74) is 4.51. The molecule has 22 heavy (non-hydrogen) atoms. The average molecular weight is 538 g/mol. The molecule has 0 aliphatic heterocycles. The molecule has 0 heterocycles. The Kier molecular flexibility index (Phi) is 8.93. The number of benzene rings is 1. The van der Waals surface area contributed by atoms with E-state index < -0.39 is 8.07 Å². The predicted molar refractivity (Wildman–Crippen MR) is 122 cm³/mol. The molecule has 0 saturated heterocycles. The highest BCUT2D eigenvalue weighted by molar-refractivity contribution is 14.1. The third-order valence-corrected chi connectivity index (χ3v) is 11.7. The van der Waals surface area contributed by atoms with E-state index in [9.17, 15) is 0 Å². The van der Waals surface area contributed by atoms with Crippen LogP contribution in [0.25, 0.3) is 5.57 Å². The van der Waals surface area contributed by atoms with Crippen molar-refractivity contribution in [3.63, 3.8) is 0 Å². The zero-order chi connectivity index (χ0) is 16.8. The summed E-state index contributed by atoms with van der Waals surface area (Å²) in [5, 5.41) is 0. The van der Waals surface area contributed by atoms with Crippen LogP contribution in [0.5, 0.6) is 0 Å². The normalized spacial score (nSPS) is 14.5. The summed E-state index contributed by atoms with van der Waals surface area (Å²) in [6, 6.07) is 11.0. The van der Waals surface area contributed by atoms with Crippen molar-refractivity contribution in [2.24, 2.45) is 0 Å². The van der Waals surface area contributed by atoms with Crippen LogP contribution in [0.1, 0.15) is 45.1 Å². The minimum absolute atomic E-state index is 1.18. The van der Waals surface area contributed by atoms with Crippen LogP contribution in [0.2, 0.25) is 19.6 Å². The van der Waals surface area contributed by atoms with Gasteiger partial charge in [0.25, 0.3) is 0 Å². The van der Waals surface area contributed by atoms with Gasteiger partial charge in [-0.2, -0.15) is 0 Å². The number of rotatable bonds is 7. The van der Waals surface area contributed by atoms with Gasteiger partial charge >= 0.3 is 0 Å². The molecule has 0 saturated carbocycles. The molecule has 0 aromatic heterocycles. The third-order valence-electron chi connectivity index (χ3n) is 3.54. The summed E-state index contributed by atoms with van der Waals surface area (Å²) >= 11 is 5.22. The van der Waals surface area contributed by atoms with E-state index in [1.807, 2.05) is 0 Å². The number of hydrogen-bond acceptors (Lipinski definition) is 0. The summed E-state index contributed by atoms with van der Waals surface area (Å²) < 4.78 is 3.15. The Morgan fingerprint density at radius 1 is 0.909 bits per heavy atom. The smallest absolute Gasteiger partial charge is 0.0652 e. The van der Waals surface area contributed by atoms with E-state index in [4.69, 9.17) is 0 Å². The fraction of sp³-hybridized carbons (Fsp3) is 0.474. The zero-order valence-electron chi connectivity index (χ0n) is 14.5. The lowest BCUT2D eigenvalue weighted by molar-refractivity contribution is 0.894. The molecule has 0 amide bonds. The monoisotopic (exact) mass is 538 g/mol. The molecule has 0 bridgehead atoms. The first kappa shape index (κ1) is 20.4. The van der Waals surface area contributed by atoms with E-state index >= 15 is 0 Å². The number of allylic oxidation sites excluding steroid dienone is 3. The SMILES string of the molecule is CCC/C(I)=C(CCC)/C(=C(\I)[Si](C)(C)C)c1ccccc1. The average Bonchev–Trinajstić information content (AvgIpc) is 2.47. The maximum atomic E-state index is 2.63. The minimum Gasteiger partial charge on any atom is -0.0652 e. The molecule has 1 aromatic rings. The summed E-state index contributed by atoms with van der Waals surface area (Å²) in [4.78, 5) is 0. The Bertz CT molecular complexity index is 536. The molecule has 0 atom stereocenters. The van der Waals surface area contributed by atoms with Crippen LogP contribution in [0.4, 0.5) is 0 Å². The second kappa shape index (κ2) is 9.62. The molecular weight excluding hydrogens is 510 g/mol. The summed E-state index contributed by atoms with van der Waals surface area (Å²) in [5.74, 6) is 0. The molecule has 0 fully saturated rings. The molecule has 0 spiro atoms. The Morgan fingerprint density at radius 2 is 1.45 bits per heavy atom. The fourth-order valence-electron chi connectivity index (χ4n) is 2.43. The van der Waals surface area contributed by atoms with Gasteiger partial charge < -0.3 is 0 Å². The second-order valence-corrected chi connectivity index (χ2v) is 15.1. The Hall–Kier alpha value is 0.377. The first-order valence-electron chi connectivity index (χ1n) is 8.16. The van der Waals surface area contributed by atoms with E-state index in [1.54, 1.807) is 12.4 Å². The van der Waals surface area contributed by atoms with Crippen LogP contribution in [-0.4, -0.2) is 8.07 Å². The van der Waals surface area contributed by atoms with Crippen molar-refractivity contribution in [2.75, 3.05) is 0 Å². The van der Waals surface area contributed by atoms with Gasteiger partial charge in [0, 0.05) is 0 Å². The van der Waals surface area contributed by atoms with Crippen LogP contribution < -0.4 is 0 Å². The van der Waals surface area contributed by atoms with Gasteiger partial charge in [-0.3, -0.25) is 0 Å². The number of halogens is 2. The predicted octanol–water partition coefficient (Wildman–Crippen LogP) is 8.00. The lowest BCUT2D eigenvalue weighted by Gasteiger charge is -2.24. The van der Waals surface area contributed by atoms with Crippen molar-refractivity contribution >= 4 is 58.8 Å². The van der Waals surface area contributed by atoms with Crippen molar-refractivity contribution in [3.8, 4) is 0 Å². The highest BCUT2D eigenvalue weighted by atomic mass is 127. The zero-order valence-corrected chi connectivity index (χ0v) is 19.8. The van der Waals surface area contributed by atoms with Gasteiger partial charge in [-0.15, -0.1) is 0 Å². The quantitative estimate of drug-likeness (QED) is 0.188. The Balaban J connectivity index is 3.59. The molecular formula is C19H28I2Si. The van der Waals surface area contributed by atoms with Gasteiger partial charge in [0.05, 0.1) is 8.07 Å². The molecule has 0 radical (unpaired) electrons. The van der Waals surface area contributed by atoms with Crippen molar-refractivity contribution < 1.29 is 0 Å². The van der Waals surface area contributed by atoms with Gasteiger partial charge in [0.15, 0.2) is 0 Å². The van der Waals surface area contributed by atoms with Crippen LogP contribution in [0.15, 0.2) is 42.7 Å². The van der Waals surface area contributed by atoms with Crippen molar-refractivity contribution in [1.82, 2.24) is 0 Å². The van der Waals surface area contributed by atoms with Gasteiger partial charge in [-0.25, -0.2) is 0 Å². The molecule has 1 aromatic carbocycles. The first-order chi connectivity index (χ1) is 10.3. The van der Waals surface area contributed by atoms with E-state index in [1.165, 1.54) is 36.8 Å². The Morgan fingerprint density at radius 3 is 1.91 bits per heavy atom. The molecule has 0 N–H and O–H groups in total. The van der Waals surface area contributed by atoms with Gasteiger partial charge in [-0.1, -0.05) is 99.3 Å². The van der Waals surface area contributed by atoms with Gasteiger partial charge in [-0.05, 0) is 58.9 Å². The largest absolute Gasteiger partial charge is 0.0862 e. The lowest BCUT2D eigenvalue weighted by Crippen LogP contribution is -2.22. The highest BCUT2D eigenvalue weighted by Crippen LogP contribution is 2.40. The molecule has 3 heteroatoms. The minimum atomic E-state index is -1.34. The maximum absolute atomic E-state index is 2.63. The molecule has 0 nitrogen and oxygen atoms in total. The first-order valence-corrected chi connectivity index (χ1v) is 13.8. The van der Waals surface area contributed by atoms with Crippen LogP contribution in [0, 0.1) is 0 Å². The van der Waals surface area contributed by atoms with Crippen LogP contribution in [-0.2, 0) is 0 Å². The van der Waals surface area contributed by atoms with E-state index in [0.717, 1.165) is 0 Å². The van der Waals surface area contributed by atoms with Gasteiger partial charge in [0.1, 0.15) is 0 Å². The van der Waals surface area contributed by atoms with Crippen molar-refractivity contribution in [3.05, 3.63) is 48.3 Å². The molecule has 122 valence electrons. The van der Waals surface area contributed by atoms with Crippen LogP contribution >= 0.6 is 45.2 Å². The lowest BCUT2D eigenvalue weighted by atomic mass is 9.95. The molecule has 0 aliphatic rings. The number of hydrogen-bond donors (Lipinski definition) is 0.